The van der Waals surface area contributed by atoms with E-state index in [4.69, 9.17) is 9.15 Å². The van der Waals surface area contributed by atoms with Gasteiger partial charge in [-0.25, -0.2) is 4.39 Å². The summed E-state index contributed by atoms with van der Waals surface area (Å²) in [5.41, 5.74) is 0.525. The summed E-state index contributed by atoms with van der Waals surface area (Å²) in [7, 11) is 0. The van der Waals surface area contributed by atoms with E-state index in [1.807, 2.05) is 0 Å². The highest BCUT2D eigenvalue weighted by Gasteiger charge is 2.25. The van der Waals surface area contributed by atoms with E-state index in [9.17, 15) is 14.0 Å². The largest absolute Gasteiger partial charge is 0.481 e. The van der Waals surface area contributed by atoms with Crippen LogP contribution in [0.4, 0.5) is 4.39 Å². The Hall–Kier alpha value is -2.35. The number of carbonyl (C=O) groups is 2. The number of amides is 2. The van der Waals surface area contributed by atoms with Crippen molar-refractivity contribution in [1.29, 1.82) is 0 Å². The number of nitrogens with one attached hydrogen (secondary N) is 1. The first-order valence-corrected chi connectivity index (χ1v) is 9.01. The molecule has 0 spiro atoms. The topological polar surface area (TPSA) is 71.8 Å². The second-order valence-electron chi connectivity index (χ2n) is 6.01. The summed E-state index contributed by atoms with van der Waals surface area (Å²) in [5.74, 6) is -0.883. The molecule has 0 unspecified atom stereocenters. The summed E-state index contributed by atoms with van der Waals surface area (Å²) >= 11 is 3.16. The van der Waals surface area contributed by atoms with Crippen LogP contribution in [0.15, 0.2) is 45.7 Å². The number of rotatable bonds is 5. The zero-order valence-corrected chi connectivity index (χ0v) is 15.5. The highest BCUT2D eigenvalue weighted by molar-refractivity contribution is 9.10. The lowest BCUT2D eigenvalue weighted by Crippen LogP contribution is -2.47. The average Bonchev–Trinajstić information content (AvgIpc) is 3.16. The molecule has 0 bridgehead atoms. The maximum atomic E-state index is 13.7. The van der Waals surface area contributed by atoms with Crippen molar-refractivity contribution in [2.75, 3.05) is 19.7 Å². The summed E-state index contributed by atoms with van der Waals surface area (Å²) < 4.78 is 24.4. The number of benzene rings is 1. The number of ether oxygens (including phenoxy) is 1. The van der Waals surface area contributed by atoms with Crippen LogP contribution in [-0.2, 0) is 4.79 Å². The minimum atomic E-state index is -0.529. The van der Waals surface area contributed by atoms with Gasteiger partial charge in [0.25, 0.3) is 11.8 Å². The number of furan rings is 1. The Morgan fingerprint density at radius 1 is 1.31 bits per heavy atom. The van der Waals surface area contributed by atoms with Crippen molar-refractivity contribution in [1.82, 2.24) is 10.2 Å². The maximum Gasteiger partial charge on any atom is 0.258 e. The van der Waals surface area contributed by atoms with E-state index < -0.39 is 5.82 Å². The van der Waals surface area contributed by atoms with Crippen LogP contribution in [0.25, 0.3) is 0 Å². The predicted octanol–water partition coefficient (Wildman–Crippen LogP) is 2.98. The van der Waals surface area contributed by atoms with Crippen LogP contribution in [0, 0.1) is 5.82 Å². The molecule has 3 rings (SSSR count). The van der Waals surface area contributed by atoms with E-state index in [-0.39, 0.29) is 30.2 Å². The Morgan fingerprint density at radius 3 is 2.73 bits per heavy atom. The van der Waals surface area contributed by atoms with Gasteiger partial charge in [0.1, 0.15) is 6.26 Å². The third-order valence-corrected chi connectivity index (χ3v) is 4.66. The summed E-state index contributed by atoms with van der Waals surface area (Å²) in [6, 6.07) is 5.99. The Labute approximate surface area is 158 Å². The molecular formula is C18H18BrFN2O4. The summed E-state index contributed by atoms with van der Waals surface area (Å²) in [6.07, 6.45) is 4.20. The monoisotopic (exact) mass is 424 g/mol. The van der Waals surface area contributed by atoms with E-state index in [2.05, 4.69) is 21.2 Å². The molecule has 0 aliphatic carbocycles. The lowest BCUT2D eigenvalue weighted by Gasteiger charge is -2.32. The fraction of sp³-hybridized carbons (Fsp3) is 0.333. The molecule has 1 aromatic heterocycles. The van der Waals surface area contributed by atoms with Crippen molar-refractivity contribution in [2.45, 2.75) is 18.9 Å². The van der Waals surface area contributed by atoms with Gasteiger partial charge in [-0.05, 0) is 37.1 Å². The maximum absolute atomic E-state index is 13.7. The molecule has 0 saturated carbocycles. The number of hydrogen-bond donors (Lipinski definition) is 1. The van der Waals surface area contributed by atoms with Crippen molar-refractivity contribution in [2.24, 2.45) is 0 Å². The van der Waals surface area contributed by atoms with Crippen LogP contribution < -0.4 is 10.1 Å². The average molecular weight is 425 g/mol. The highest BCUT2D eigenvalue weighted by atomic mass is 79.9. The van der Waals surface area contributed by atoms with E-state index in [0.717, 1.165) is 0 Å². The van der Waals surface area contributed by atoms with Gasteiger partial charge < -0.3 is 19.4 Å². The first-order valence-electron chi connectivity index (χ1n) is 8.21. The van der Waals surface area contributed by atoms with Crippen molar-refractivity contribution in [3.63, 3.8) is 0 Å². The van der Waals surface area contributed by atoms with Crippen LogP contribution in [0.1, 0.15) is 23.2 Å². The van der Waals surface area contributed by atoms with Gasteiger partial charge in [0.2, 0.25) is 0 Å². The molecule has 6 nitrogen and oxygen atoms in total. The Balaban J connectivity index is 1.42. The molecule has 0 radical (unpaired) electrons. The summed E-state index contributed by atoms with van der Waals surface area (Å²) in [6.45, 7) is 0.848. The molecule has 1 fully saturated rings. The van der Waals surface area contributed by atoms with E-state index in [0.29, 0.717) is 36.0 Å². The van der Waals surface area contributed by atoms with Crippen LogP contribution in [0.2, 0.25) is 0 Å². The second kappa shape index (κ2) is 8.35. The Bertz CT molecular complexity index is 774. The summed E-state index contributed by atoms with van der Waals surface area (Å²) in [5, 5.41) is 2.86. The smallest absolute Gasteiger partial charge is 0.258 e. The van der Waals surface area contributed by atoms with Crippen LogP contribution in [-0.4, -0.2) is 42.5 Å². The molecule has 1 saturated heterocycles. The Kier molecular flexibility index (Phi) is 5.92. The minimum Gasteiger partial charge on any atom is -0.481 e. The van der Waals surface area contributed by atoms with Crippen molar-refractivity contribution < 1.29 is 23.1 Å². The first kappa shape index (κ1) is 18.4. The molecule has 1 aliphatic heterocycles. The molecule has 1 aliphatic rings. The highest BCUT2D eigenvalue weighted by Crippen LogP contribution is 2.21. The molecule has 1 N–H and O–H groups in total. The van der Waals surface area contributed by atoms with Crippen LogP contribution >= 0.6 is 15.9 Å². The van der Waals surface area contributed by atoms with Gasteiger partial charge in [-0.15, -0.1) is 0 Å². The van der Waals surface area contributed by atoms with E-state index in [1.165, 1.54) is 24.7 Å². The quantitative estimate of drug-likeness (QED) is 0.800. The molecule has 2 heterocycles. The molecule has 8 heteroatoms. The number of nitrogens with zero attached hydrogens (tertiary/aromatic N) is 1. The van der Waals surface area contributed by atoms with Gasteiger partial charge in [-0.3, -0.25) is 9.59 Å². The lowest BCUT2D eigenvalue weighted by atomic mass is 10.0. The number of likely N-dealkylation sites (tertiary alicyclic amines) is 1. The summed E-state index contributed by atoms with van der Waals surface area (Å²) in [4.78, 5) is 26.0. The van der Waals surface area contributed by atoms with Crippen molar-refractivity contribution in [3.05, 3.63) is 52.6 Å². The van der Waals surface area contributed by atoms with Gasteiger partial charge in [-0.1, -0.05) is 15.9 Å². The van der Waals surface area contributed by atoms with Gasteiger partial charge in [0.15, 0.2) is 18.2 Å². The van der Waals surface area contributed by atoms with Crippen LogP contribution in [0.3, 0.4) is 0 Å². The molecule has 0 atom stereocenters. The molecule has 138 valence electrons. The van der Waals surface area contributed by atoms with Gasteiger partial charge in [0.05, 0.1) is 11.8 Å². The van der Waals surface area contributed by atoms with Crippen molar-refractivity contribution >= 4 is 27.7 Å². The third kappa shape index (κ3) is 4.63. The number of carbonyl (C=O) groups excluding carboxylic acids is 2. The number of piperidine rings is 1. The standard InChI is InChI=1S/C18H18BrFN2O4/c19-13-1-2-16(15(20)9-13)26-11-17(23)21-14-3-6-22(7-4-14)18(24)12-5-8-25-10-12/h1-2,5,8-10,14H,3-4,6-7,11H2,(H,21,23). The van der Waals surface area contributed by atoms with Gasteiger partial charge >= 0.3 is 0 Å². The number of halogens is 2. The van der Waals surface area contributed by atoms with Gasteiger partial charge in [0, 0.05) is 23.6 Å². The third-order valence-electron chi connectivity index (χ3n) is 4.17. The lowest BCUT2D eigenvalue weighted by molar-refractivity contribution is -0.124. The first-order chi connectivity index (χ1) is 12.5. The Morgan fingerprint density at radius 2 is 2.08 bits per heavy atom. The molecule has 2 amide bonds. The molecular weight excluding hydrogens is 407 g/mol. The second-order valence-corrected chi connectivity index (χ2v) is 6.93. The fourth-order valence-corrected chi connectivity index (χ4v) is 3.13. The van der Waals surface area contributed by atoms with E-state index in [1.54, 1.807) is 17.0 Å². The number of hydrogen-bond acceptors (Lipinski definition) is 4. The predicted molar refractivity (Wildman–Crippen MR) is 95.4 cm³/mol. The normalized spacial score (nSPS) is 14.9. The fourth-order valence-electron chi connectivity index (χ4n) is 2.80. The molecule has 26 heavy (non-hydrogen) atoms. The van der Waals surface area contributed by atoms with Gasteiger partial charge in [-0.2, -0.15) is 0 Å². The minimum absolute atomic E-state index is 0.0314. The zero-order valence-electron chi connectivity index (χ0n) is 13.9. The van der Waals surface area contributed by atoms with Crippen LogP contribution in [0.5, 0.6) is 5.75 Å². The zero-order chi connectivity index (χ0) is 18.5. The molecule has 2 aromatic rings. The SMILES string of the molecule is O=C(COc1ccc(Br)cc1F)NC1CCN(C(=O)c2ccoc2)CC1. The van der Waals surface area contributed by atoms with Crippen molar-refractivity contribution in [3.8, 4) is 5.75 Å². The molecule has 1 aromatic carbocycles. The van der Waals surface area contributed by atoms with E-state index >= 15 is 0 Å².